The molecule has 2 aliphatic heterocycles. The first-order valence-corrected chi connectivity index (χ1v) is 13.9. The van der Waals surface area contributed by atoms with Gasteiger partial charge in [-0.25, -0.2) is 15.0 Å². The molecule has 38 heavy (non-hydrogen) atoms. The van der Waals surface area contributed by atoms with Crippen molar-refractivity contribution >= 4 is 28.2 Å². The number of carbonyl (C=O) groups excluding carboxylic acids is 1. The van der Waals surface area contributed by atoms with Crippen molar-refractivity contribution in [1.29, 1.82) is 5.26 Å². The summed E-state index contributed by atoms with van der Waals surface area (Å²) in [5, 5.41) is 12.5. The Morgan fingerprint density at radius 3 is 2.47 bits per heavy atom. The smallest absolute Gasteiger partial charge is 0.254 e. The summed E-state index contributed by atoms with van der Waals surface area (Å²) in [4.78, 5) is 35.8. The molecule has 10 heteroatoms. The van der Waals surface area contributed by atoms with Crippen molar-refractivity contribution in [2.45, 2.75) is 27.3 Å². The predicted octanol–water partition coefficient (Wildman–Crippen LogP) is 3.73. The van der Waals surface area contributed by atoms with Gasteiger partial charge in [0.2, 0.25) is 5.82 Å². The Morgan fingerprint density at radius 1 is 1.05 bits per heavy atom. The van der Waals surface area contributed by atoms with Crippen LogP contribution in [0.2, 0.25) is 0 Å². The number of piperazine rings is 1. The van der Waals surface area contributed by atoms with Crippen LogP contribution >= 0.6 is 11.3 Å². The summed E-state index contributed by atoms with van der Waals surface area (Å²) in [6, 6.07) is 9.79. The molecule has 198 valence electrons. The topological polar surface area (TPSA) is 92.5 Å². The van der Waals surface area contributed by atoms with Crippen molar-refractivity contribution in [3.05, 3.63) is 52.8 Å². The number of thiazole rings is 1. The second-order valence-corrected chi connectivity index (χ2v) is 12.1. The molecule has 0 spiro atoms. The van der Waals surface area contributed by atoms with E-state index < -0.39 is 0 Å². The molecule has 0 N–H and O–H groups in total. The molecular weight excluding hydrogens is 496 g/mol. The Labute approximate surface area is 228 Å². The number of fused-ring (bicyclic) bond motifs is 1. The molecule has 9 nitrogen and oxygen atoms in total. The van der Waals surface area contributed by atoms with E-state index in [1.165, 1.54) is 0 Å². The molecule has 1 fully saturated rings. The van der Waals surface area contributed by atoms with E-state index in [1.807, 2.05) is 35.2 Å². The van der Waals surface area contributed by atoms with E-state index >= 15 is 0 Å². The van der Waals surface area contributed by atoms with Crippen molar-refractivity contribution < 1.29 is 4.79 Å². The molecule has 1 amide bonds. The van der Waals surface area contributed by atoms with Crippen LogP contribution < -0.4 is 9.80 Å². The molecule has 0 bridgehead atoms. The maximum Gasteiger partial charge on any atom is 0.254 e. The number of anilines is 2. The number of rotatable bonds is 4. The Morgan fingerprint density at radius 2 is 1.79 bits per heavy atom. The lowest BCUT2D eigenvalue weighted by atomic mass is 9.96. The summed E-state index contributed by atoms with van der Waals surface area (Å²) in [6.07, 6.45) is 1.69. The maximum atomic E-state index is 13.6. The Bertz CT molecular complexity index is 1330. The van der Waals surface area contributed by atoms with Gasteiger partial charge in [-0.2, -0.15) is 5.26 Å². The number of hydrogen-bond donors (Lipinski definition) is 0. The molecule has 0 radical (unpaired) electrons. The lowest BCUT2D eigenvalue weighted by molar-refractivity contribution is 0.0751. The molecule has 3 aromatic rings. The number of nitrogens with zero attached hydrogens (tertiary/aromatic N) is 8. The Hall–Kier alpha value is -3.55. The van der Waals surface area contributed by atoms with Gasteiger partial charge in [0, 0.05) is 74.1 Å². The van der Waals surface area contributed by atoms with Gasteiger partial charge in [0.05, 0.1) is 12.2 Å². The Balaban J connectivity index is 1.32. The van der Waals surface area contributed by atoms with Crippen LogP contribution in [0.4, 0.5) is 10.9 Å². The molecule has 1 saturated heterocycles. The minimum Gasteiger partial charge on any atom is -0.354 e. The number of nitriles is 1. The highest BCUT2D eigenvalue weighted by molar-refractivity contribution is 7.14. The van der Waals surface area contributed by atoms with Gasteiger partial charge in [0.1, 0.15) is 11.9 Å². The largest absolute Gasteiger partial charge is 0.354 e. The lowest BCUT2D eigenvalue weighted by Gasteiger charge is -2.32. The highest BCUT2D eigenvalue weighted by Gasteiger charge is 2.28. The molecule has 0 atom stereocenters. The fourth-order valence-corrected chi connectivity index (χ4v) is 5.76. The van der Waals surface area contributed by atoms with Crippen LogP contribution in [-0.2, 0) is 6.54 Å². The summed E-state index contributed by atoms with van der Waals surface area (Å²) in [5.74, 6) is 0.869. The molecule has 2 aliphatic rings. The zero-order valence-corrected chi connectivity index (χ0v) is 23.3. The lowest BCUT2D eigenvalue weighted by Crippen LogP contribution is -2.44. The number of benzene rings is 1. The molecule has 4 heterocycles. The van der Waals surface area contributed by atoms with Gasteiger partial charge in [-0.15, -0.1) is 11.3 Å². The molecule has 0 aliphatic carbocycles. The van der Waals surface area contributed by atoms with Crippen LogP contribution in [-0.4, -0.2) is 83.5 Å². The number of carbonyl (C=O) groups is 1. The van der Waals surface area contributed by atoms with Crippen LogP contribution in [0.1, 0.15) is 42.5 Å². The van der Waals surface area contributed by atoms with Crippen molar-refractivity contribution in [1.82, 2.24) is 24.8 Å². The summed E-state index contributed by atoms with van der Waals surface area (Å²) in [7, 11) is 2.15. The van der Waals surface area contributed by atoms with Crippen LogP contribution in [0.5, 0.6) is 0 Å². The zero-order valence-electron chi connectivity index (χ0n) is 22.5. The zero-order chi connectivity index (χ0) is 26.9. The van der Waals surface area contributed by atoms with Crippen molar-refractivity contribution in [3.8, 4) is 17.3 Å². The van der Waals surface area contributed by atoms with Crippen molar-refractivity contribution in [3.63, 3.8) is 0 Å². The van der Waals surface area contributed by atoms with E-state index in [0.29, 0.717) is 25.2 Å². The average Bonchev–Trinajstić information content (AvgIpc) is 3.33. The summed E-state index contributed by atoms with van der Waals surface area (Å²) >= 11 is 1.67. The molecule has 2 aromatic heterocycles. The SMILES string of the molecule is CN1CCN(c2nc(-c3ccc(C(=O)N4CCN(CC(C)(C)C)c5nc(C#N)ncc5C4)cc3)cs2)CC1. The van der Waals surface area contributed by atoms with Crippen LogP contribution in [0.15, 0.2) is 35.8 Å². The third-order valence-electron chi connectivity index (χ3n) is 6.89. The third-order valence-corrected chi connectivity index (χ3v) is 7.79. The first kappa shape index (κ1) is 26.1. The highest BCUT2D eigenvalue weighted by atomic mass is 32.1. The van der Waals surface area contributed by atoms with E-state index in [0.717, 1.165) is 60.5 Å². The number of hydrogen-bond acceptors (Lipinski definition) is 9. The molecular formula is C28H34N8OS. The quantitative estimate of drug-likeness (QED) is 0.504. The van der Waals surface area contributed by atoms with Gasteiger partial charge in [0.15, 0.2) is 5.13 Å². The van der Waals surface area contributed by atoms with Crippen LogP contribution in [0, 0.1) is 16.7 Å². The highest BCUT2D eigenvalue weighted by Crippen LogP contribution is 2.30. The summed E-state index contributed by atoms with van der Waals surface area (Å²) < 4.78 is 0. The van der Waals surface area contributed by atoms with Gasteiger partial charge in [-0.05, 0) is 24.6 Å². The van der Waals surface area contributed by atoms with Crippen molar-refractivity contribution in [2.75, 3.05) is 62.7 Å². The first-order valence-electron chi connectivity index (χ1n) is 13.0. The van der Waals surface area contributed by atoms with Gasteiger partial charge in [0.25, 0.3) is 5.91 Å². The van der Waals surface area contributed by atoms with Gasteiger partial charge in [-0.3, -0.25) is 4.79 Å². The van der Waals surface area contributed by atoms with Crippen LogP contribution in [0.3, 0.4) is 0 Å². The van der Waals surface area contributed by atoms with Crippen LogP contribution in [0.25, 0.3) is 11.3 Å². The predicted molar refractivity (Wildman–Crippen MR) is 150 cm³/mol. The van der Waals surface area contributed by atoms with E-state index in [1.54, 1.807) is 17.5 Å². The second-order valence-electron chi connectivity index (χ2n) is 11.2. The Kier molecular flexibility index (Phi) is 7.32. The monoisotopic (exact) mass is 530 g/mol. The number of amides is 1. The van der Waals surface area contributed by atoms with E-state index in [4.69, 9.17) is 4.98 Å². The third kappa shape index (κ3) is 5.79. The standard InChI is InChI=1S/C28H34N8OS/c1-28(2,3)19-36-14-13-35(17-22-16-30-24(15-29)32-25(22)36)26(37)21-7-5-20(6-8-21)23-18-38-27(31-23)34-11-9-33(4)10-12-34/h5-8,16,18H,9-14,17,19H2,1-4H3. The van der Waals surface area contributed by atoms with Gasteiger partial charge < -0.3 is 19.6 Å². The second kappa shape index (κ2) is 10.7. The number of aromatic nitrogens is 3. The van der Waals surface area contributed by atoms with Gasteiger partial charge >= 0.3 is 0 Å². The summed E-state index contributed by atoms with van der Waals surface area (Å²) in [5.41, 5.74) is 3.48. The minimum atomic E-state index is -0.0270. The summed E-state index contributed by atoms with van der Waals surface area (Å²) in [6.45, 7) is 13.0. The molecule has 1 aromatic carbocycles. The fraction of sp³-hybridized carbons (Fsp3) is 0.464. The molecule has 5 rings (SSSR count). The molecule has 0 saturated carbocycles. The first-order chi connectivity index (χ1) is 18.2. The number of likely N-dealkylation sites (N-methyl/N-ethyl adjacent to an activating group) is 1. The van der Waals surface area contributed by atoms with Gasteiger partial charge in [-0.1, -0.05) is 32.9 Å². The van der Waals surface area contributed by atoms with E-state index in [-0.39, 0.29) is 17.1 Å². The maximum absolute atomic E-state index is 13.6. The molecule has 0 unspecified atom stereocenters. The van der Waals surface area contributed by atoms with Crippen molar-refractivity contribution in [2.24, 2.45) is 5.41 Å². The van der Waals surface area contributed by atoms with E-state index in [2.05, 4.69) is 57.9 Å². The minimum absolute atomic E-state index is 0.0270. The normalized spacial score (nSPS) is 16.7. The fourth-order valence-electron chi connectivity index (χ4n) is 4.87. The van der Waals surface area contributed by atoms with E-state index in [9.17, 15) is 10.1 Å². The average molecular weight is 531 g/mol.